The first-order chi connectivity index (χ1) is 11.6. The fourth-order valence-corrected chi connectivity index (χ4v) is 2.73. The lowest BCUT2D eigenvalue weighted by molar-refractivity contribution is -0.123. The van der Waals surface area contributed by atoms with Crippen molar-refractivity contribution in [2.45, 2.75) is 19.4 Å². The van der Waals surface area contributed by atoms with Gasteiger partial charge < -0.3 is 14.8 Å². The molecule has 0 saturated heterocycles. The van der Waals surface area contributed by atoms with Gasteiger partial charge in [-0.15, -0.1) is 0 Å². The van der Waals surface area contributed by atoms with E-state index in [1.165, 1.54) is 4.68 Å². The number of rotatable bonds is 3. The maximum atomic E-state index is 12.3. The topological polar surface area (TPSA) is 107 Å². The number of fused-ring (bicyclic) bond motifs is 2. The van der Waals surface area contributed by atoms with Crippen molar-refractivity contribution in [1.29, 1.82) is 0 Å². The number of aromatic nitrogens is 3. The Balaban J connectivity index is 1.46. The molecule has 2 amide bonds. The smallest absolute Gasteiger partial charge is 0.252 e. The van der Waals surface area contributed by atoms with Gasteiger partial charge in [0.05, 0.1) is 6.42 Å². The molecule has 0 unspecified atom stereocenters. The second kappa shape index (κ2) is 5.52. The number of carbonyl (C=O) groups excluding carboxylic acids is 2. The molecule has 1 aromatic heterocycles. The molecule has 0 spiro atoms. The Morgan fingerprint density at radius 3 is 3.00 bits per heavy atom. The maximum Gasteiger partial charge on any atom is 0.252 e. The number of aryl methyl sites for hydroxylation is 1. The Labute approximate surface area is 137 Å². The zero-order valence-corrected chi connectivity index (χ0v) is 12.9. The number of ether oxygens (including phenoxy) is 2. The molecule has 1 atom stereocenters. The van der Waals surface area contributed by atoms with E-state index < -0.39 is 6.04 Å². The Hall–Kier alpha value is -3.10. The van der Waals surface area contributed by atoms with E-state index in [4.69, 9.17) is 9.47 Å². The van der Waals surface area contributed by atoms with Gasteiger partial charge in [0.1, 0.15) is 25.1 Å². The van der Waals surface area contributed by atoms with Crippen LogP contribution in [0.3, 0.4) is 0 Å². The molecule has 2 aromatic rings. The number of hydrogen-bond acceptors (Lipinski definition) is 6. The third-order valence-electron chi connectivity index (χ3n) is 3.77. The lowest BCUT2D eigenvalue weighted by Gasteiger charge is -2.19. The van der Waals surface area contributed by atoms with Gasteiger partial charge in [0, 0.05) is 11.8 Å². The molecule has 9 heteroatoms. The third kappa shape index (κ3) is 2.53. The van der Waals surface area contributed by atoms with Gasteiger partial charge in [0.15, 0.2) is 11.5 Å². The van der Waals surface area contributed by atoms with Gasteiger partial charge in [-0.3, -0.25) is 14.9 Å². The molecule has 124 valence electrons. The number of carbonyl (C=O) groups is 2. The first-order valence-corrected chi connectivity index (χ1v) is 7.53. The summed E-state index contributed by atoms with van der Waals surface area (Å²) in [6, 6.07) is 4.47. The zero-order chi connectivity index (χ0) is 16.7. The summed E-state index contributed by atoms with van der Waals surface area (Å²) in [5.74, 6) is 1.57. The first-order valence-electron chi connectivity index (χ1n) is 7.53. The van der Waals surface area contributed by atoms with E-state index in [2.05, 4.69) is 20.7 Å². The van der Waals surface area contributed by atoms with Crippen LogP contribution in [0.15, 0.2) is 18.2 Å². The largest absolute Gasteiger partial charge is 0.486 e. The van der Waals surface area contributed by atoms with Crippen LogP contribution in [-0.4, -0.2) is 39.8 Å². The molecule has 2 aliphatic rings. The van der Waals surface area contributed by atoms with E-state index in [9.17, 15) is 9.59 Å². The normalized spacial score (nSPS) is 18.0. The van der Waals surface area contributed by atoms with Crippen molar-refractivity contribution in [3.8, 4) is 11.5 Å². The highest BCUT2D eigenvalue weighted by atomic mass is 16.6. The molecule has 1 aromatic carbocycles. The SMILES string of the molecule is Cc1nc2n(n1)[C@H](CC(=O)Nc1ccc3c(c1)OCCO3)C(=O)N2. The van der Waals surface area contributed by atoms with E-state index in [1.807, 2.05) is 0 Å². The van der Waals surface area contributed by atoms with Gasteiger partial charge in [-0.1, -0.05) is 0 Å². The molecule has 0 fully saturated rings. The van der Waals surface area contributed by atoms with Crippen molar-refractivity contribution in [3.05, 3.63) is 24.0 Å². The predicted octanol–water partition coefficient (Wildman–Crippen LogP) is 0.880. The Morgan fingerprint density at radius 1 is 1.38 bits per heavy atom. The minimum absolute atomic E-state index is 0.0317. The standard InChI is InChI=1S/C15H15N5O4/c1-8-16-15-18-14(22)10(20(15)19-8)7-13(21)17-9-2-3-11-12(6-9)24-5-4-23-11/h2-3,6,10H,4-5,7H2,1H3,(H,17,21)(H,16,18,19,22)/t10-/m1/s1. The molecule has 3 heterocycles. The van der Waals surface area contributed by atoms with Gasteiger partial charge >= 0.3 is 0 Å². The molecule has 2 aliphatic heterocycles. The summed E-state index contributed by atoms with van der Waals surface area (Å²) < 4.78 is 12.4. The summed E-state index contributed by atoms with van der Waals surface area (Å²) >= 11 is 0. The third-order valence-corrected chi connectivity index (χ3v) is 3.77. The summed E-state index contributed by atoms with van der Waals surface area (Å²) in [7, 11) is 0. The molecule has 0 aliphatic carbocycles. The van der Waals surface area contributed by atoms with Crippen LogP contribution in [0.1, 0.15) is 18.3 Å². The van der Waals surface area contributed by atoms with E-state index in [0.717, 1.165) is 0 Å². The molecule has 4 rings (SSSR count). The van der Waals surface area contributed by atoms with Crippen LogP contribution in [0.2, 0.25) is 0 Å². The van der Waals surface area contributed by atoms with Gasteiger partial charge in [0.25, 0.3) is 5.91 Å². The van der Waals surface area contributed by atoms with Crippen molar-refractivity contribution in [2.75, 3.05) is 23.8 Å². The summed E-state index contributed by atoms with van der Waals surface area (Å²) in [4.78, 5) is 28.3. The van der Waals surface area contributed by atoms with E-state index in [0.29, 0.717) is 42.2 Å². The molecular formula is C15H15N5O4. The van der Waals surface area contributed by atoms with Gasteiger partial charge in [-0.2, -0.15) is 10.1 Å². The van der Waals surface area contributed by atoms with Crippen molar-refractivity contribution >= 4 is 23.5 Å². The number of hydrogen-bond donors (Lipinski definition) is 2. The van der Waals surface area contributed by atoms with E-state index >= 15 is 0 Å². The Kier molecular flexibility index (Phi) is 3.33. The van der Waals surface area contributed by atoms with E-state index in [1.54, 1.807) is 25.1 Å². The quantitative estimate of drug-likeness (QED) is 0.865. The minimum atomic E-state index is -0.696. The monoisotopic (exact) mass is 329 g/mol. The summed E-state index contributed by atoms with van der Waals surface area (Å²) in [6.45, 7) is 2.71. The van der Waals surface area contributed by atoms with Crippen molar-refractivity contribution in [1.82, 2.24) is 14.8 Å². The molecule has 0 bridgehead atoms. The van der Waals surface area contributed by atoms with Crippen LogP contribution in [-0.2, 0) is 9.59 Å². The van der Waals surface area contributed by atoms with Crippen LogP contribution in [0.25, 0.3) is 0 Å². The number of benzene rings is 1. The number of amides is 2. The van der Waals surface area contributed by atoms with Crippen molar-refractivity contribution in [2.24, 2.45) is 0 Å². The van der Waals surface area contributed by atoms with Crippen molar-refractivity contribution in [3.63, 3.8) is 0 Å². The zero-order valence-electron chi connectivity index (χ0n) is 12.9. The first kappa shape index (κ1) is 14.5. The minimum Gasteiger partial charge on any atom is -0.486 e. The summed E-state index contributed by atoms with van der Waals surface area (Å²) in [6.07, 6.45) is -0.0317. The van der Waals surface area contributed by atoms with Crippen LogP contribution in [0, 0.1) is 6.92 Å². The van der Waals surface area contributed by atoms with Crippen molar-refractivity contribution < 1.29 is 19.1 Å². The fraction of sp³-hybridized carbons (Fsp3) is 0.333. The van der Waals surface area contributed by atoms with Crippen LogP contribution in [0.5, 0.6) is 11.5 Å². The lowest BCUT2D eigenvalue weighted by Crippen LogP contribution is -2.24. The molecule has 24 heavy (non-hydrogen) atoms. The van der Waals surface area contributed by atoms with Gasteiger partial charge in [0.2, 0.25) is 11.9 Å². The van der Waals surface area contributed by atoms with Crippen LogP contribution < -0.4 is 20.1 Å². The highest BCUT2D eigenvalue weighted by molar-refractivity contribution is 6.01. The number of anilines is 2. The number of nitrogens with one attached hydrogen (secondary N) is 2. The molecular weight excluding hydrogens is 314 g/mol. The average molecular weight is 329 g/mol. The predicted molar refractivity (Wildman–Crippen MR) is 83.1 cm³/mol. The maximum absolute atomic E-state index is 12.3. The fourth-order valence-electron chi connectivity index (χ4n) is 2.73. The van der Waals surface area contributed by atoms with Gasteiger partial charge in [-0.05, 0) is 19.1 Å². The van der Waals surface area contributed by atoms with Gasteiger partial charge in [-0.25, -0.2) is 4.68 Å². The highest BCUT2D eigenvalue weighted by Crippen LogP contribution is 2.33. The average Bonchev–Trinajstić information content (AvgIpc) is 3.04. The van der Waals surface area contributed by atoms with Crippen LogP contribution >= 0.6 is 0 Å². The van der Waals surface area contributed by atoms with E-state index in [-0.39, 0.29) is 18.2 Å². The Bertz CT molecular complexity index is 831. The molecule has 0 saturated carbocycles. The lowest BCUT2D eigenvalue weighted by atomic mass is 10.2. The second-order valence-corrected chi connectivity index (χ2v) is 5.54. The second-order valence-electron chi connectivity index (χ2n) is 5.54. The summed E-state index contributed by atoms with van der Waals surface area (Å²) in [5.41, 5.74) is 0.581. The Morgan fingerprint density at radius 2 is 2.17 bits per heavy atom. The summed E-state index contributed by atoms with van der Waals surface area (Å²) in [5, 5.41) is 9.52. The number of nitrogens with zero attached hydrogens (tertiary/aromatic N) is 3. The molecule has 9 nitrogen and oxygen atoms in total. The molecule has 2 N–H and O–H groups in total. The molecule has 0 radical (unpaired) electrons. The highest BCUT2D eigenvalue weighted by Gasteiger charge is 2.34. The van der Waals surface area contributed by atoms with Crippen LogP contribution in [0.4, 0.5) is 11.6 Å².